The van der Waals surface area contributed by atoms with Crippen LogP contribution >= 0.6 is 0 Å². The minimum absolute atomic E-state index is 0.0786. The summed E-state index contributed by atoms with van der Waals surface area (Å²) in [6, 6.07) is 8.15. The second-order valence-corrected chi connectivity index (χ2v) is 4.43. The van der Waals surface area contributed by atoms with Crippen molar-refractivity contribution in [2.24, 2.45) is 0 Å². The van der Waals surface area contributed by atoms with E-state index in [9.17, 15) is 13.6 Å². The van der Waals surface area contributed by atoms with E-state index in [4.69, 9.17) is 10.5 Å². The van der Waals surface area contributed by atoms with Crippen molar-refractivity contribution in [1.82, 2.24) is 0 Å². The summed E-state index contributed by atoms with van der Waals surface area (Å²) in [7, 11) is 1.46. The molecule has 0 saturated heterocycles. The van der Waals surface area contributed by atoms with Crippen molar-refractivity contribution in [2.75, 3.05) is 18.2 Å². The number of methoxy groups -OCH3 is 1. The Balaban J connectivity index is 2.09. The lowest BCUT2D eigenvalue weighted by Gasteiger charge is -2.11. The molecule has 0 saturated carbocycles. The maximum Gasteiger partial charge on any atom is 0.228 e. The van der Waals surface area contributed by atoms with E-state index in [0.29, 0.717) is 22.7 Å². The van der Waals surface area contributed by atoms with E-state index >= 15 is 0 Å². The largest absolute Gasteiger partial charge is 0.494 e. The van der Waals surface area contributed by atoms with Gasteiger partial charge in [-0.3, -0.25) is 4.79 Å². The number of hydrogen-bond acceptors (Lipinski definition) is 3. The van der Waals surface area contributed by atoms with Crippen LogP contribution in [0.3, 0.4) is 0 Å². The fourth-order valence-corrected chi connectivity index (χ4v) is 1.84. The van der Waals surface area contributed by atoms with Crippen molar-refractivity contribution in [3.05, 3.63) is 53.6 Å². The van der Waals surface area contributed by atoms with Crippen LogP contribution in [0.5, 0.6) is 5.75 Å². The molecule has 110 valence electrons. The number of ether oxygens (including phenoxy) is 1. The van der Waals surface area contributed by atoms with Gasteiger partial charge in [-0.05, 0) is 29.8 Å². The molecule has 0 aliphatic carbocycles. The standard InChI is InChI=1S/C15H14F2N2O2/c1-21-14-8-10(18)3-5-13(14)19-15(20)7-9-2-4-11(16)12(17)6-9/h2-6,8H,7,18H2,1H3,(H,19,20). The van der Waals surface area contributed by atoms with Gasteiger partial charge in [-0.25, -0.2) is 8.78 Å². The Hall–Kier alpha value is -2.63. The van der Waals surface area contributed by atoms with Crippen molar-refractivity contribution < 1.29 is 18.3 Å². The Morgan fingerprint density at radius 2 is 1.95 bits per heavy atom. The van der Waals surface area contributed by atoms with Gasteiger partial charge in [0.05, 0.1) is 19.2 Å². The first kappa shape index (κ1) is 14.8. The van der Waals surface area contributed by atoms with Gasteiger partial charge < -0.3 is 15.8 Å². The molecule has 0 atom stereocenters. The summed E-state index contributed by atoms with van der Waals surface area (Å²) in [6.45, 7) is 0. The summed E-state index contributed by atoms with van der Waals surface area (Å²) >= 11 is 0. The number of nitrogens with two attached hydrogens (primary N) is 1. The normalized spacial score (nSPS) is 10.2. The predicted octanol–water partition coefficient (Wildman–Crippen LogP) is 2.74. The molecule has 21 heavy (non-hydrogen) atoms. The van der Waals surface area contributed by atoms with Gasteiger partial charge in [0.25, 0.3) is 0 Å². The van der Waals surface area contributed by atoms with Crippen LogP contribution in [0.2, 0.25) is 0 Å². The highest BCUT2D eigenvalue weighted by Gasteiger charge is 2.10. The number of anilines is 2. The number of hydrogen-bond donors (Lipinski definition) is 2. The summed E-state index contributed by atoms with van der Waals surface area (Å²) in [6.07, 6.45) is -0.0786. The number of nitrogen functional groups attached to an aromatic ring is 1. The lowest BCUT2D eigenvalue weighted by molar-refractivity contribution is -0.115. The van der Waals surface area contributed by atoms with Gasteiger partial charge in [0.2, 0.25) is 5.91 Å². The number of nitrogens with one attached hydrogen (secondary N) is 1. The fraction of sp³-hybridized carbons (Fsp3) is 0.133. The molecule has 0 unspecified atom stereocenters. The topological polar surface area (TPSA) is 64.3 Å². The maximum absolute atomic E-state index is 13.1. The number of amides is 1. The van der Waals surface area contributed by atoms with E-state index in [1.807, 2.05) is 0 Å². The molecule has 0 aliphatic rings. The molecule has 1 amide bonds. The van der Waals surface area contributed by atoms with Crippen molar-refractivity contribution >= 4 is 17.3 Å². The molecule has 3 N–H and O–H groups in total. The van der Waals surface area contributed by atoms with Crippen LogP contribution in [0.25, 0.3) is 0 Å². The van der Waals surface area contributed by atoms with Crippen molar-refractivity contribution in [3.8, 4) is 5.75 Å². The molecule has 0 aliphatic heterocycles. The lowest BCUT2D eigenvalue weighted by atomic mass is 10.1. The predicted molar refractivity (Wildman–Crippen MR) is 76.1 cm³/mol. The zero-order valence-corrected chi connectivity index (χ0v) is 11.3. The second-order valence-electron chi connectivity index (χ2n) is 4.43. The minimum atomic E-state index is -0.981. The Morgan fingerprint density at radius 3 is 2.62 bits per heavy atom. The third kappa shape index (κ3) is 3.68. The van der Waals surface area contributed by atoms with E-state index in [1.54, 1.807) is 18.2 Å². The van der Waals surface area contributed by atoms with Crippen molar-refractivity contribution in [3.63, 3.8) is 0 Å². The van der Waals surface area contributed by atoms with Crippen molar-refractivity contribution in [2.45, 2.75) is 6.42 Å². The van der Waals surface area contributed by atoms with E-state index in [2.05, 4.69) is 5.32 Å². The van der Waals surface area contributed by atoms with Crippen LogP contribution in [0, 0.1) is 11.6 Å². The van der Waals surface area contributed by atoms with Crippen LogP contribution in [-0.2, 0) is 11.2 Å². The SMILES string of the molecule is COc1cc(N)ccc1NC(=O)Cc1ccc(F)c(F)c1. The van der Waals surface area contributed by atoms with E-state index in [-0.39, 0.29) is 12.3 Å². The van der Waals surface area contributed by atoms with Gasteiger partial charge in [-0.2, -0.15) is 0 Å². The number of carbonyl (C=O) groups excluding carboxylic acids is 1. The number of carbonyl (C=O) groups is 1. The summed E-state index contributed by atoms with van der Waals surface area (Å²) in [5, 5.41) is 2.64. The number of rotatable bonds is 4. The summed E-state index contributed by atoms with van der Waals surface area (Å²) in [5.41, 5.74) is 6.96. The first-order valence-electron chi connectivity index (χ1n) is 6.17. The van der Waals surface area contributed by atoms with Gasteiger partial charge in [-0.1, -0.05) is 6.07 Å². The highest BCUT2D eigenvalue weighted by molar-refractivity contribution is 5.94. The maximum atomic E-state index is 13.1. The zero-order valence-electron chi connectivity index (χ0n) is 11.3. The molecule has 0 fully saturated rings. The molecule has 6 heteroatoms. The van der Waals surface area contributed by atoms with E-state index in [0.717, 1.165) is 12.1 Å². The Labute approximate surface area is 120 Å². The van der Waals surface area contributed by atoms with Gasteiger partial charge in [-0.15, -0.1) is 0 Å². The molecule has 0 spiro atoms. The van der Waals surface area contributed by atoms with Gasteiger partial charge in [0.15, 0.2) is 11.6 Å². The van der Waals surface area contributed by atoms with Crippen LogP contribution in [0.15, 0.2) is 36.4 Å². The minimum Gasteiger partial charge on any atom is -0.494 e. The molecular weight excluding hydrogens is 278 g/mol. The third-order valence-corrected chi connectivity index (χ3v) is 2.85. The first-order chi connectivity index (χ1) is 9.99. The van der Waals surface area contributed by atoms with Crippen LogP contribution in [0.4, 0.5) is 20.2 Å². The van der Waals surface area contributed by atoms with Crippen molar-refractivity contribution in [1.29, 1.82) is 0 Å². The fourth-order valence-electron chi connectivity index (χ4n) is 1.84. The first-order valence-corrected chi connectivity index (χ1v) is 6.17. The molecular formula is C15H14F2N2O2. The molecule has 0 radical (unpaired) electrons. The number of benzene rings is 2. The smallest absolute Gasteiger partial charge is 0.228 e. The third-order valence-electron chi connectivity index (χ3n) is 2.85. The van der Waals surface area contributed by atoms with Crippen LogP contribution in [0.1, 0.15) is 5.56 Å². The average Bonchev–Trinajstić information content (AvgIpc) is 2.44. The van der Waals surface area contributed by atoms with Gasteiger partial charge in [0, 0.05) is 11.8 Å². The lowest BCUT2D eigenvalue weighted by Crippen LogP contribution is -2.15. The highest BCUT2D eigenvalue weighted by atomic mass is 19.2. The molecule has 2 rings (SSSR count). The Morgan fingerprint density at radius 1 is 1.19 bits per heavy atom. The molecule has 2 aromatic carbocycles. The highest BCUT2D eigenvalue weighted by Crippen LogP contribution is 2.26. The summed E-state index contributed by atoms with van der Waals surface area (Å²) in [4.78, 5) is 11.9. The number of halogens is 2. The van der Waals surface area contributed by atoms with E-state index in [1.165, 1.54) is 13.2 Å². The molecule has 4 nitrogen and oxygen atoms in total. The van der Waals surface area contributed by atoms with E-state index < -0.39 is 11.6 Å². The molecule has 0 heterocycles. The quantitative estimate of drug-likeness (QED) is 0.852. The summed E-state index contributed by atoms with van der Waals surface area (Å²) < 4.78 is 31.0. The Kier molecular flexibility index (Phi) is 4.37. The van der Waals surface area contributed by atoms with Gasteiger partial charge in [0.1, 0.15) is 5.75 Å². The Bertz CT molecular complexity index is 675. The van der Waals surface area contributed by atoms with Gasteiger partial charge >= 0.3 is 0 Å². The monoisotopic (exact) mass is 292 g/mol. The van der Waals surface area contributed by atoms with Crippen LogP contribution in [-0.4, -0.2) is 13.0 Å². The van der Waals surface area contributed by atoms with Crippen LogP contribution < -0.4 is 15.8 Å². The second kappa shape index (κ2) is 6.21. The zero-order chi connectivity index (χ0) is 15.4. The molecule has 2 aromatic rings. The average molecular weight is 292 g/mol. The molecule has 0 aromatic heterocycles. The molecule has 0 bridgehead atoms. The summed E-state index contributed by atoms with van der Waals surface area (Å²) in [5.74, 6) is -1.87.